The fourth-order valence-corrected chi connectivity index (χ4v) is 5.97. The Labute approximate surface area is 142 Å². The zero-order valence-electron chi connectivity index (χ0n) is 13.5. The quantitative estimate of drug-likeness (QED) is 0.803. The smallest absolute Gasteiger partial charge is 0.243 e. The van der Waals surface area contributed by atoms with E-state index in [1.807, 2.05) is 13.8 Å². The van der Waals surface area contributed by atoms with Crippen LogP contribution in [0, 0.1) is 13.8 Å². The molecule has 130 valence electrons. The molecule has 6 nitrogen and oxygen atoms in total. The van der Waals surface area contributed by atoms with Crippen molar-refractivity contribution in [3.63, 3.8) is 0 Å². The summed E-state index contributed by atoms with van der Waals surface area (Å²) in [5, 5.41) is -0.691. The van der Waals surface area contributed by atoms with Gasteiger partial charge in [-0.15, -0.1) is 0 Å². The first-order chi connectivity index (χ1) is 11.2. The summed E-state index contributed by atoms with van der Waals surface area (Å²) in [4.78, 5) is 0.201. The van der Waals surface area contributed by atoms with Crippen molar-refractivity contribution < 1.29 is 21.3 Å². The van der Waals surface area contributed by atoms with Gasteiger partial charge in [0.25, 0.3) is 0 Å². The maximum Gasteiger partial charge on any atom is 0.243 e. The van der Waals surface area contributed by atoms with Gasteiger partial charge in [0.2, 0.25) is 10.0 Å². The fraction of sp³-hybridized carbons (Fsp3) is 0.375. The Morgan fingerprint density at radius 1 is 1.08 bits per heavy atom. The van der Waals surface area contributed by atoms with Gasteiger partial charge in [-0.05, 0) is 49.2 Å². The average molecular weight is 369 g/mol. The normalized spacial score (nSPS) is 16.9. The third kappa shape index (κ3) is 3.13. The predicted molar refractivity (Wildman–Crippen MR) is 89.8 cm³/mol. The van der Waals surface area contributed by atoms with Crippen LogP contribution >= 0.6 is 0 Å². The van der Waals surface area contributed by atoms with Crippen LogP contribution in [-0.4, -0.2) is 39.5 Å². The van der Waals surface area contributed by atoms with Gasteiger partial charge >= 0.3 is 0 Å². The number of furan rings is 1. The van der Waals surface area contributed by atoms with Crippen LogP contribution in [0.4, 0.5) is 0 Å². The summed E-state index contributed by atoms with van der Waals surface area (Å²) in [6.07, 6.45) is 1.42. The van der Waals surface area contributed by atoms with Gasteiger partial charge in [0.15, 0.2) is 9.84 Å². The molecule has 1 aromatic heterocycles. The second kappa shape index (κ2) is 6.02. The maximum atomic E-state index is 12.6. The van der Waals surface area contributed by atoms with Crippen molar-refractivity contribution in [2.24, 2.45) is 0 Å². The standard InChI is InChI=1S/C16H19NO5S2/c1-12-5-6-15(8-13(12)2)24(20,21)17-9-16(10-17)23(18,19)11-14-4-3-7-22-14/h3-8,16H,9-11H2,1-2H3. The van der Waals surface area contributed by atoms with E-state index < -0.39 is 25.1 Å². The number of hydrogen-bond acceptors (Lipinski definition) is 5. The number of rotatable bonds is 5. The lowest BCUT2D eigenvalue weighted by Gasteiger charge is -2.37. The Bertz CT molecular complexity index is 940. The van der Waals surface area contributed by atoms with Gasteiger partial charge in [0, 0.05) is 13.1 Å². The number of benzene rings is 1. The van der Waals surface area contributed by atoms with Gasteiger partial charge in [-0.1, -0.05) is 6.07 Å². The number of nitrogens with zero attached hydrogens (tertiary/aromatic N) is 1. The lowest BCUT2D eigenvalue weighted by atomic mass is 10.1. The third-order valence-electron chi connectivity index (χ3n) is 4.36. The molecule has 0 amide bonds. The number of aryl methyl sites for hydroxylation is 2. The van der Waals surface area contributed by atoms with Crippen LogP contribution in [0.5, 0.6) is 0 Å². The average Bonchev–Trinajstić information content (AvgIpc) is 2.91. The molecule has 1 saturated heterocycles. The van der Waals surface area contributed by atoms with Crippen molar-refractivity contribution >= 4 is 19.9 Å². The summed E-state index contributed by atoms with van der Waals surface area (Å²) in [6.45, 7) is 3.73. The monoisotopic (exact) mass is 369 g/mol. The molecule has 0 unspecified atom stereocenters. The second-order valence-electron chi connectivity index (χ2n) is 6.08. The van der Waals surface area contributed by atoms with E-state index in [1.54, 1.807) is 30.3 Å². The molecule has 2 heterocycles. The minimum Gasteiger partial charge on any atom is -0.468 e. The predicted octanol–water partition coefficient (Wildman–Crippen LogP) is 1.88. The van der Waals surface area contributed by atoms with E-state index in [0.717, 1.165) is 11.1 Å². The first kappa shape index (κ1) is 17.2. The minimum absolute atomic E-state index is 0.0156. The van der Waals surface area contributed by atoms with E-state index in [-0.39, 0.29) is 23.7 Å². The molecule has 0 saturated carbocycles. The van der Waals surface area contributed by atoms with Gasteiger partial charge in [0.1, 0.15) is 11.5 Å². The molecule has 0 N–H and O–H groups in total. The Hall–Kier alpha value is -1.64. The van der Waals surface area contributed by atoms with Crippen molar-refractivity contribution in [3.8, 4) is 0 Å². The van der Waals surface area contributed by atoms with E-state index in [1.165, 1.54) is 10.6 Å². The first-order valence-corrected chi connectivity index (χ1v) is 10.7. The lowest BCUT2D eigenvalue weighted by molar-refractivity contribution is 0.309. The number of sulfone groups is 1. The zero-order valence-corrected chi connectivity index (χ0v) is 15.1. The summed E-state index contributed by atoms with van der Waals surface area (Å²) < 4.78 is 56.0. The van der Waals surface area contributed by atoms with E-state index in [4.69, 9.17) is 4.42 Å². The highest BCUT2D eigenvalue weighted by molar-refractivity contribution is 7.92. The maximum absolute atomic E-state index is 12.6. The molecule has 0 spiro atoms. The summed E-state index contributed by atoms with van der Waals surface area (Å²) in [5.74, 6) is 0.160. The van der Waals surface area contributed by atoms with Crippen LogP contribution in [0.2, 0.25) is 0 Å². The molecule has 1 aromatic carbocycles. The van der Waals surface area contributed by atoms with Gasteiger partial charge in [-0.3, -0.25) is 0 Å². The molecule has 1 aliphatic rings. The number of sulfonamides is 1. The van der Waals surface area contributed by atoms with Gasteiger partial charge in [-0.25, -0.2) is 16.8 Å². The van der Waals surface area contributed by atoms with Crippen molar-refractivity contribution in [1.82, 2.24) is 4.31 Å². The Morgan fingerprint density at radius 2 is 1.79 bits per heavy atom. The van der Waals surface area contributed by atoms with Crippen LogP contribution in [0.1, 0.15) is 16.9 Å². The summed E-state index contributed by atoms with van der Waals surface area (Å²) in [7, 11) is -7.09. The highest BCUT2D eigenvalue weighted by Gasteiger charge is 2.43. The Kier molecular flexibility index (Phi) is 4.31. The second-order valence-corrected chi connectivity index (χ2v) is 10.3. The Balaban J connectivity index is 1.72. The van der Waals surface area contributed by atoms with Crippen LogP contribution < -0.4 is 0 Å². The molecule has 0 aliphatic carbocycles. The first-order valence-electron chi connectivity index (χ1n) is 7.51. The molecule has 0 radical (unpaired) electrons. The van der Waals surface area contributed by atoms with E-state index in [9.17, 15) is 16.8 Å². The molecule has 0 atom stereocenters. The fourth-order valence-electron chi connectivity index (χ4n) is 2.56. The number of hydrogen-bond donors (Lipinski definition) is 0. The zero-order chi connectivity index (χ0) is 17.5. The summed E-state index contributed by atoms with van der Waals surface area (Å²) >= 11 is 0. The van der Waals surface area contributed by atoms with Crippen LogP contribution in [0.15, 0.2) is 45.9 Å². The van der Waals surface area contributed by atoms with Crippen molar-refractivity contribution in [1.29, 1.82) is 0 Å². The van der Waals surface area contributed by atoms with Crippen LogP contribution in [0.25, 0.3) is 0 Å². The van der Waals surface area contributed by atoms with Crippen LogP contribution in [-0.2, 0) is 25.6 Å². The molecular weight excluding hydrogens is 350 g/mol. The lowest BCUT2D eigenvalue weighted by Crippen LogP contribution is -2.56. The Morgan fingerprint density at radius 3 is 2.38 bits per heavy atom. The van der Waals surface area contributed by atoms with Gasteiger partial charge < -0.3 is 4.42 Å². The summed E-state index contributed by atoms with van der Waals surface area (Å²) in [5.41, 5.74) is 1.90. The molecule has 0 bridgehead atoms. The molecular formula is C16H19NO5S2. The third-order valence-corrected chi connectivity index (χ3v) is 8.19. The highest BCUT2D eigenvalue weighted by atomic mass is 32.2. The van der Waals surface area contributed by atoms with Crippen molar-refractivity contribution in [2.45, 2.75) is 29.7 Å². The van der Waals surface area contributed by atoms with Crippen molar-refractivity contribution in [3.05, 3.63) is 53.5 Å². The van der Waals surface area contributed by atoms with E-state index in [0.29, 0.717) is 5.76 Å². The van der Waals surface area contributed by atoms with E-state index in [2.05, 4.69) is 0 Å². The molecule has 24 heavy (non-hydrogen) atoms. The van der Waals surface area contributed by atoms with Crippen LogP contribution in [0.3, 0.4) is 0 Å². The van der Waals surface area contributed by atoms with Crippen molar-refractivity contribution in [2.75, 3.05) is 13.1 Å². The summed E-state index contributed by atoms with van der Waals surface area (Å²) in [6, 6.07) is 8.16. The minimum atomic E-state index is -3.65. The molecule has 2 aromatic rings. The highest BCUT2D eigenvalue weighted by Crippen LogP contribution is 2.27. The largest absolute Gasteiger partial charge is 0.468 e. The van der Waals surface area contributed by atoms with Gasteiger partial charge in [-0.2, -0.15) is 4.31 Å². The van der Waals surface area contributed by atoms with Gasteiger partial charge in [0.05, 0.1) is 16.4 Å². The van der Waals surface area contributed by atoms with E-state index >= 15 is 0 Å². The molecule has 1 fully saturated rings. The topological polar surface area (TPSA) is 84.7 Å². The SMILES string of the molecule is Cc1ccc(S(=O)(=O)N2CC(S(=O)(=O)Cc3ccco3)C2)cc1C. The molecule has 1 aliphatic heterocycles. The molecule has 8 heteroatoms. The molecule has 3 rings (SSSR count).